The van der Waals surface area contributed by atoms with Gasteiger partial charge < -0.3 is 14.2 Å². The lowest BCUT2D eigenvalue weighted by molar-refractivity contribution is -0.129. The molecule has 0 aliphatic heterocycles. The maximum atomic E-state index is 11.9. The molecule has 0 aliphatic rings. The van der Waals surface area contributed by atoms with Gasteiger partial charge in [-0.25, -0.2) is 4.79 Å². The van der Waals surface area contributed by atoms with E-state index >= 15 is 0 Å². The number of hydrogen-bond donors (Lipinski definition) is 0. The minimum Gasteiger partial charge on any atom is -0.493 e. The fraction of sp³-hybridized carbons (Fsp3) is 0.118. The largest absolute Gasteiger partial charge is 0.493 e. The molecule has 0 aromatic heterocycles. The second-order valence-electron chi connectivity index (χ2n) is 4.16. The quantitative estimate of drug-likeness (QED) is 0.480. The molecular weight excluding hydrogens is 268 g/mol. The fourth-order valence-electron chi connectivity index (χ4n) is 1.78. The summed E-state index contributed by atoms with van der Waals surface area (Å²) in [6, 6.07) is 14.7. The summed E-state index contributed by atoms with van der Waals surface area (Å²) in [6.07, 6.45) is 3.05. The molecule has 2 rings (SSSR count). The molecule has 0 saturated heterocycles. The summed E-state index contributed by atoms with van der Waals surface area (Å²) in [4.78, 5) is 11.9. The predicted molar refractivity (Wildman–Crippen MR) is 80.7 cm³/mol. The van der Waals surface area contributed by atoms with E-state index in [-0.39, 0.29) is 5.75 Å². The number of esters is 1. The normalized spacial score (nSPS) is 10.4. The molecule has 0 aliphatic carbocycles. The molecule has 2 aromatic rings. The maximum Gasteiger partial charge on any atom is 0.336 e. The van der Waals surface area contributed by atoms with Gasteiger partial charge in [0.2, 0.25) is 5.75 Å². The summed E-state index contributed by atoms with van der Waals surface area (Å²) in [7, 11) is 3.01. The Morgan fingerprint density at radius 3 is 2.10 bits per heavy atom. The van der Waals surface area contributed by atoms with Gasteiger partial charge >= 0.3 is 5.97 Å². The minimum atomic E-state index is -0.498. The van der Waals surface area contributed by atoms with Gasteiger partial charge in [0.05, 0.1) is 14.2 Å². The molecule has 0 atom stereocenters. The van der Waals surface area contributed by atoms with Crippen molar-refractivity contribution in [3.8, 4) is 17.2 Å². The monoisotopic (exact) mass is 284 g/mol. The first-order valence-corrected chi connectivity index (χ1v) is 6.40. The van der Waals surface area contributed by atoms with E-state index in [0.29, 0.717) is 11.5 Å². The number of ether oxygens (including phenoxy) is 3. The molecule has 0 saturated carbocycles. The van der Waals surface area contributed by atoms with Crippen LogP contribution in [0.3, 0.4) is 0 Å². The molecule has 0 radical (unpaired) electrons. The minimum absolute atomic E-state index is 0.269. The van der Waals surface area contributed by atoms with Gasteiger partial charge in [-0.15, -0.1) is 0 Å². The van der Waals surface area contributed by atoms with Gasteiger partial charge in [-0.05, 0) is 23.8 Å². The Morgan fingerprint density at radius 2 is 1.52 bits per heavy atom. The smallest absolute Gasteiger partial charge is 0.336 e. The van der Waals surface area contributed by atoms with E-state index in [1.165, 1.54) is 20.3 Å². The summed E-state index contributed by atoms with van der Waals surface area (Å²) in [5.74, 6) is 0.651. The van der Waals surface area contributed by atoms with Gasteiger partial charge in [0, 0.05) is 6.08 Å². The first kappa shape index (κ1) is 14.7. The molecule has 0 spiro atoms. The molecule has 108 valence electrons. The summed E-state index contributed by atoms with van der Waals surface area (Å²) in [6.45, 7) is 0. The van der Waals surface area contributed by atoms with Crippen LogP contribution < -0.4 is 14.2 Å². The van der Waals surface area contributed by atoms with E-state index in [9.17, 15) is 4.79 Å². The van der Waals surface area contributed by atoms with E-state index in [4.69, 9.17) is 14.2 Å². The molecule has 0 fully saturated rings. The highest BCUT2D eigenvalue weighted by molar-refractivity contribution is 5.89. The van der Waals surface area contributed by atoms with Crippen molar-refractivity contribution in [2.75, 3.05) is 14.2 Å². The standard InChI is InChI=1S/C17H16O4/c1-19-14-9-6-10-15(20-2)17(14)21-16(18)12-11-13-7-4-3-5-8-13/h3-12H,1-2H3/b12-11+. The lowest BCUT2D eigenvalue weighted by atomic mass is 10.2. The van der Waals surface area contributed by atoms with E-state index < -0.39 is 5.97 Å². The highest BCUT2D eigenvalue weighted by Gasteiger charge is 2.13. The fourth-order valence-corrected chi connectivity index (χ4v) is 1.78. The summed E-state index contributed by atoms with van der Waals surface area (Å²) >= 11 is 0. The van der Waals surface area contributed by atoms with Gasteiger partial charge in [0.15, 0.2) is 11.5 Å². The lowest BCUT2D eigenvalue weighted by Crippen LogP contribution is -2.06. The van der Waals surface area contributed by atoms with Gasteiger partial charge in [0.25, 0.3) is 0 Å². The Morgan fingerprint density at radius 1 is 0.905 bits per heavy atom. The van der Waals surface area contributed by atoms with Crippen molar-refractivity contribution in [2.24, 2.45) is 0 Å². The van der Waals surface area contributed by atoms with Crippen molar-refractivity contribution in [1.82, 2.24) is 0 Å². The summed E-state index contributed by atoms with van der Waals surface area (Å²) in [5.41, 5.74) is 0.918. The Bertz CT molecular complexity index is 610. The van der Waals surface area contributed by atoms with Crippen molar-refractivity contribution >= 4 is 12.0 Å². The zero-order valence-corrected chi connectivity index (χ0v) is 11.9. The Labute approximate surface area is 123 Å². The van der Waals surface area contributed by atoms with Crippen LogP contribution in [0.15, 0.2) is 54.6 Å². The van der Waals surface area contributed by atoms with Crippen molar-refractivity contribution < 1.29 is 19.0 Å². The first-order chi connectivity index (χ1) is 10.2. The number of methoxy groups -OCH3 is 2. The number of carbonyl (C=O) groups is 1. The molecule has 4 nitrogen and oxygen atoms in total. The molecule has 21 heavy (non-hydrogen) atoms. The van der Waals surface area contributed by atoms with Crippen LogP contribution in [0.2, 0.25) is 0 Å². The van der Waals surface area contributed by atoms with Crippen LogP contribution in [-0.2, 0) is 4.79 Å². The van der Waals surface area contributed by atoms with E-state index in [1.54, 1.807) is 24.3 Å². The maximum absolute atomic E-state index is 11.9. The highest BCUT2D eigenvalue weighted by atomic mass is 16.6. The summed E-state index contributed by atoms with van der Waals surface area (Å²) in [5, 5.41) is 0. The Hall–Kier alpha value is -2.75. The molecule has 2 aromatic carbocycles. The third-order valence-electron chi connectivity index (χ3n) is 2.80. The van der Waals surface area contributed by atoms with Crippen LogP contribution in [0.4, 0.5) is 0 Å². The van der Waals surface area contributed by atoms with Crippen molar-refractivity contribution in [1.29, 1.82) is 0 Å². The SMILES string of the molecule is COc1cccc(OC)c1OC(=O)/C=C/c1ccccc1. The van der Waals surface area contributed by atoms with Gasteiger partial charge in [-0.2, -0.15) is 0 Å². The lowest BCUT2D eigenvalue weighted by Gasteiger charge is -2.11. The van der Waals surface area contributed by atoms with Crippen molar-refractivity contribution in [2.45, 2.75) is 0 Å². The van der Waals surface area contributed by atoms with Crippen LogP contribution in [0.5, 0.6) is 17.2 Å². The van der Waals surface area contributed by atoms with E-state index in [1.807, 2.05) is 30.3 Å². The van der Waals surface area contributed by atoms with Gasteiger partial charge in [0.1, 0.15) is 0 Å². The van der Waals surface area contributed by atoms with Crippen LogP contribution in [0.1, 0.15) is 5.56 Å². The third-order valence-corrected chi connectivity index (χ3v) is 2.80. The van der Waals surface area contributed by atoms with Crippen molar-refractivity contribution in [3.05, 3.63) is 60.2 Å². The molecule has 0 N–H and O–H groups in total. The molecule has 0 amide bonds. The average molecular weight is 284 g/mol. The zero-order chi connectivity index (χ0) is 15.1. The van der Waals surface area contributed by atoms with Crippen molar-refractivity contribution in [3.63, 3.8) is 0 Å². The Balaban J connectivity index is 2.14. The van der Waals surface area contributed by atoms with Gasteiger partial charge in [-0.3, -0.25) is 0 Å². The number of benzene rings is 2. The summed E-state index contributed by atoms with van der Waals surface area (Å²) < 4.78 is 15.6. The average Bonchev–Trinajstić information content (AvgIpc) is 2.54. The van der Waals surface area contributed by atoms with Crippen LogP contribution >= 0.6 is 0 Å². The molecule has 0 unspecified atom stereocenters. The number of hydrogen-bond acceptors (Lipinski definition) is 4. The highest BCUT2D eigenvalue weighted by Crippen LogP contribution is 2.36. The number of para-hydroxylation sites is 1. The zero-order valence-electron chi connectivity index (χ0n) is 11.9. The van der Waals surface area contributed by atoms with Gasteiger partial charge in [-0.1, -0.05) is 36.4 Å². The third kappa shape index (κ3) is 3.86. The topological polar surface area (TPSA) is 44.8 Å². The van der Waals surface area contributed by atoms with E-state index in [0.717, 1.165) is 5.56 Å². The molecule has 0 heterocycles. The number of rotatable bonds is 5. The second kappa shape index (κ2) is 7.14. The van der Waals surface area contributed by atoms with Crippen LogP contribution in [0.25, 0.3) is 6.08 Å². The molecule has 0 bridgehead atoms. The number of carbonyl (C=O) groups excluding carboxylic acids is 1. The van der Waals surface area contributed by atoms with Crippen LogP contribution in [-0.4, -0.2) is 20.2 Å². The second-order valence-corrected chi connectivity index (χ2v) is 4.16. The van der Waals surface area contributed by atoms with E-state index in [2.05, 4.69) is 0 Å². The molecular formula is C17H16O4. The molecule has 4 heteroatoms. The predicted octanol–water partition coefficient (Wildman–Crippen LogP) is 3.32. The Kier molecular flexibility index (Phi) is 4.99. The first-order valence-electron chi connectivity index (χ1n) is 6.40. The van der Waals surface area contributed by atoms with Crippen LogP contribution in [0, 0.1) is 0 Å².